The average Bonchev–Trinajstić information content (AvgIpc) is 3.10. The molecule has 1 aromatic carbocycles. The maximum Gasteiger partial charge on any atom is 0.433 e. The zero-order valence-corrected chi connectivity index (χ0v) is 19.5. The largest absolute Gasteiger partial charge is 0.433 e. The van der Waals surface area contributed by atoms with Crippen LogP contribution >= 0.6 is 0 Å². The molecule has 5 rings (SSSR count). The summed E-state index contributed by atoms with van der Waals surface area (Å²) in [4.78, 5) is 22.6. The average molecular weight is 499 g/mol. The van der Waals surface area contributed by atoms with Crippen molar-refractivity contribution in [2.45, 2.75) is 38.1 Å². The van der Waals surface area contributed by atoms with Gasteiger partial charge in [-0.1, -0.05) is 12.1 Å². The molecule has 2 aliphatic rings. The minimum absolute atomic E-state index is 0.156. The third-order valence-electron chi connectivity index (χ3n) is 6.68. The van der Waals surface area contributed by atoms with Gasteiger partial charge < -0.3 is 20.1 Å². The lowest BCUT2D eigenvalue weighted by Crippen LogP contribution is -2.41. The van der Waals surface area contributed by atoms with E-state index in [4.69, 9.17) is 4.74 Å². The van der Waals surface area contributed by atoms with E-state index in [1.54, 1.807) is 6.07 Å². The first-order valence-corrected chi connectivity index (χ1v) is 11.7. The van der Waals surface area contributed by atoms with E-state index in [1.807, 2.05) is 25.1 Å². The highest BCUT2D eigenvalue weighted by atomic mass is 19.4. The second kappa shape index (κ2) is 9.51. The van der Waals surface area contributed by atoms with Gasteiger partial charge in [0.1, 0.15) is 5.69 Å². The smallest absolute Gasteiger partial charge is 0.388 e. The van der Waals surface area contributed by atoms with Crippen molar-refractivity contribution in [1.82, 2.24) is 9.97 Å². The Morgan fingerprint density at radius 1 is 1.17 bits per heavy atom. The van der Waals surface area contributed by atoms with Gasteiger partial charge in [-0.15, -0.1) is 0 Å². The van der Waals surface area contributed by atoms with Crippen molar-refractivity contribution < 1.29 is 27.8 Å². The van der Waals surface area contributed by atoms with Crippen LogP contribution in [-0.2, 0) is 10.9 Å². The van der Waals surface area contributed by atoms with Crippen molar-refractivity contribution >= 4 is 17.3 Å². The van der Waals surface area contributed by atoms with Gasteiger partial charge in [0.25, 0.3) is 5.91 Å². The summed E-state index contributed by atoms with van der Waals surface area (Å²) in [7, 11) is 0. The van der Waals surface area contributed by atoms with Crippen LogP contribution in [0.4, 0.5) is 24.5 Å². The molecule has 3 aromatic rings. The Morgan fingerprint density at radius 3 is 2.81 bits per heavy atom. The number of nitrogens with one attached hydrogen (secondary N) is 1. The molecule has 1 amide bonds. The summed E-state index contributed by atoms with van der Waals surface area (Å²) in [5.41, 5.74) is 3.23. The molecule has 2 N–H and O–H groups in total. The number of benzene rings is 1. The first-order valence-electron chi connectivity index (χ1n) is 11.7. The third kappa shape index (κ3) is 4.78. The van der Waals surface area contributed by atoms with Gasteiger partial charge in [-0.25, -0.2) is 0 Å². The van der Waals surface area contributed by atoms with Gasteiger partial charge in [-0.2, -0.15) is 13.2 Å². The van der Waals surface area contributed by atoms with Gasteiger partial charge in [0.05, 0.1) is 24.6 Å². The van der Waals surface area contributed by atoms with Gasteiger partial charge in [0.15, 0.2) is 0 Å². The maximum absolute atomic E-state index is 13.0. The number of fused-ring (bicyclic) bond motifs is 3. The topological polar surface area (TPSA) is 87.6 Å². The van der Waals surface area contributed by atoms with Crippen molar-refractivity contribution in [3.63, 3.8) is 0 Å². The SMILES string of the molecule is Cc1ncc(NC(=O)c2ccnc(C(F)(F)F)c2)cc1-c1ccc2c(c1)N1CCOCC[C@H]1C[C@@H]2O. The van der Waals surface area contributed by atoms with Crippen LogP contribution in [0.5, 0.6) is 0 Å². The lowest BCUT2D eigenvalue weighted by Gasteiger charge is -2.39. The Labute approximate surface area is 205 Å². The fourth-order valence-electron chi connectivity index (χ4n) is 4.84. The van der Waals surface area contributed by atoms with Crippen molar-refractivity contribution in [1.29, 1.82) is 0 Å². The molecule has 0 unspecified atom stereocenters. The van der Waals surface area contributed by atoms with Crippen LogP contribution in [0.3, 0.4) is 0 Å². The summed E-state index contributed by atoms with van der Waals surface area (Å²) in [6.07, 6.45) is -1.28. The number of halogens is 3. The number of rotatable bonds is 3. The van der Waals surface area contributed by atoms with Crippen molar-refractivity contribution in [3.8, 4) is 11.1 Å². The van der Waals surface area contributed by atoms with E-state index in [2.05, 4.69) is 20.2 Å². The Kier molecular flexibility index (Phi) is 6.40. The van der Waals surface area contributed by atoms with Crippen LogP contribution in [0.2, 0.25) is 0 Å². The molecule has 2 aromatic heterocycles. The summed E-state index contributed by atoms with van der Waals surface area (Å²) in [6, 6.07) is 9.72. The van der Waals surface area contributed by atoms with Crippen molar-refractivity contribution in [2.75, 3.05) is 30.0 Å². The molecule has 10 heteroatoms. The molecule has 188 valence electrons. The first-order chi connectivity index (χ1) is 17.2. The van der Waals surface area contributed by atoms with E-state index in [-0.39, 0.29) is 11.6 Å². The molecule has 36 heavy (non-hydrogen) atoms. The number of aryl methyl sites for hydroxylation is 1. The van der Waals surface area contributed by atoms with E-state index in [0.717, 1.165) is 47.2 Å². The number of aromatic nitrogens is 2. The number of pyridine rings is 2. The summed E-state index contributed by atoms with van der Waals surface area (Å²) < 4.78 is 44.6. The fraction of sp³-hybridized carbons (Fsp3) is 0.346. The monoisotopic (exact) mass is 498 g/mol. The molecule has 0 radical (unpaired) electrons. The number of anilines is 2. The van der Waals surface area contributed by atoms with E-state index in [0.29, 0.717) is 31.4 Å². The number of aliphatic hydroxyl groups excluding tert-OH is 1. The molecule has 2 atom stereocenters. The van der Waals surface area contributed by atoms with E-state index >= 15 is 0 Å². The van der Waals surface area contributed by atoms with Gasteiger partial charge in [0, 0.05) is 53.5 Å². The maximum atomic E-state index is 13.0. The number of ether oxygens (including phenoxy) is 1. The normalized spacial score (nSPS) is 19.8. The molecule has 0 spiro atoms. The molecule has 7 nitrogen and oxygen atoms in total. The number of aliphatic hydroxyl groups is 1. The first kappa shape index (κ1) is 24.2. The number of hydrogen-bond acceptors (Lipinski definition) is 6. The molecular formula is C26H25F3N4O3. The number of carbonyl (C=O) groups is 1. The summed E-state index contributed by atoms with van der Waals surface area (Å²) in [6.45, 7) is 3.85. The minimum Gasteiger partial charge on any atom is -0.388 e. The predicted octanol–water partition coefficient (Wildman–Crippen LogP) is 4.76. The number of amides is 1. The lowest BCUT2D eigenvalue weighted by molar-refractivity contribution is -0.141. The van der Waals surface area contributed by atoms with Crippen molar-refractivity contribution in [3.05, 3.63) is 71.3 Å². The Hall–Kier alpha value is -3.50. The molecule has 0 saturated carbocycles. The zero-order valence-electron chi connectivity index (χ0n) is 19.5. The third-order valence-corrected chi connectivity index (χ3v) is 6.68. The van der Waals surface area contributed by atoms with Gasteiger partial charge in [-0.05, 0) is 49.6 Å². The van der Waals surface area contributed by atoms with E-state index in [9.17, 15) is 23.1 Å². The summed E-state index contributed by atoms with van der Waals surface area (Å²) in [5, 5.41) is 13.4. The molecular weight excluding hydrogens is 473 g/mol. The Bertz CT molecular complexity index is 1300. The highest BCUT2D eigenvalue weighted by molar-refractivity contribution is 6.04. The molecule has 2 aliphatic heterocycles. The number of nitrogens with zero attached hydrogens (tertiary/aromatic N) is 3. The highest BCUT2D eigenvalue weighted by Gasteiger charge is 2.34. The van der Waals surface area contributed by atoms with E-state index < -0.39 is 23.9 Å². The molecule has 1 fully saturated rings. The van der Waals surface area contributed by atoms with Crippen LogP contribution < -0.4 is 10.2 Å². The molecule has 0 bridgehead atoms. The minimum atomic E-state index is -4.65. The predicted molar refractivity (Wildman–Crippen MR) is 128 cm³/mol. The second-order valence-electron chi connectivity index (χ2n) is 9.01. The van der Waals surface area contributed by atoms with Gasteiger partial charge in [0.2, 0.25) is 0 Å². The number of carbonyl (C=O) groups excluding carboxylic acids is 1. The molecule has 0 aliphatic carbocycles. The Balaban J connectivity index is 1.44. The standard InChI is InChI=1S/C26H25F3N4O3/c1-15-21(12-18(14-31-15)32-25(35)17-4-6-30-24(11-17)26(27,28)29)16-2-3-20-22(10-16)33-7-9-36-8-5-19(33)13-23(20)34/h2-4,6,10-12,14,19,23,34H,5,7-9,13H2,1H3,(H,32,35)/t19-,23-/m0/s1. The van der Waals surface area contributed by atoms with Crippen LogP contribution in [0.1, 0.15) is 46.3 Å². The quantitative estimate of drug-likeness (QED) is 0.542. The van der Waals surface area contributed by atoms with Crippen LogP contribution in [-0.4, -0.2) is 46.8 Å². The van der Waals surface area contributed by atoms with Gasteiger partial charge in [-0.3, -0.25) is 14.8 Å². The highest BCUT2D eigenvalue weighted by Crippen LogP contribution is 2.41. The Morgan fingerprint density at radius 2 is 2.00 bits per heavy atom. The second-order valence-corrected chi connectivity index (χ2v) is 9.01. The summed E-state index contributed by atoms with van der Waals surface area (Å²) in [5.74, 6) is -0.694. The summed E-state index contributed by atoms with van der Waals surface area (Å²) >= 11 is 0. The fourth-order valence-corrected chi connectivity index (χ4v) is 4.84. The molecule has 1 saturated heterocycles. The number of alkyl halides is 3. The van der Waals surface area contributed by atoms with Crippen molar-refractivity contribution in [2.24, 2.45) is 0 Å². The number of hydrogen-bond donors (Lipinski definition) is 2. The van der Waals surface area contributed by atoms with E-state index in [1.165, 1.54) is 12.3 Å². The zero-order chi connectivity index (χ0) is 25.4. The molecule has 4 heterocycles. The van der Waals surface area contributed by atoms with Crippen LogP contribution in [0.25, 0.3) is 11.1 Å². The van der Waals surface area contributed by atoms with Crippen LogP contribution in [0, 0.1) is 6.92 Å². The van der Waals surface area contributed by atoms with Gasteiger partial charge >= 0.3 is 6.18 Å². The lowest BCUT2D eigenvalue weighted by atomic mass is 9.89. The van der Waals surface area contributed by atoms with Crippen LogP contribution in [0.15, 0.2) is 48.8 Å².